The summed E-state index contributed by atoms with van der Waals surface area (Å²) < 4.78 is 5.56. The van der Waals surface area contributed by atoms with E-state index in [1.54, 1.807) is 50.8 Å². The van der Waals surface area contributed by atoms with Gasteiger partial charge in [-0.2, -0.15) is 11.8 Å². The molecule has 0 aromatic heterocycles. The van der Waals surface area contributed by atoms with Gasteiger partial charge in [0.25, 0.3) is 11.8 Å². The molecule has 1 aliphatic heterocycles. The lowest BCUT2D eigenvalue weighted by atomic mass is 9.55. The molecule has 1 saturated carbocycles. The van der Waals surface area contributed by atoms with Gasteiger partial charge in [0.05, 0.1) is 11.2 Å². The highest BCUT2D eigenvalue weighted by Gasteiger charge is 2.56. The number of ketones is 1. The van der Waals surface area contributed by atoms with Crippen LogP contribution in [0.5, 0.6) is 0 Å². The van der Waals surface area contributed by atoms with Crippen LogP contribution in [0.1, 0.15) is 86.5 Å². The Kier molecular flexibility index (Phi) is 12.4. The third-order valence-electron chi connectivity index (χ3n) is 9.34. The van der Waals surface area contributed by atoms with E-state index in [-0.39, 0.29) is 35.3 Å². The van der Waals surface area contributed by atoms with Crippen LogP contribution in [-0.4, -0.2) is 63.8 Å². The molecule has 1 heterocycles. The molecule has 0 saturated heterocycles. The van der Waals surface area contributed by atoms with Crippen molar-refractivity contribution < 1.29 is 33.8 Å². The van der Waals surface area contributed by atoms with Crippen LogP contribution < -0.4 is 10.6 Å². The minimum absolute atomic E-state index is 0.0632. The molecular formula is C35H52N2O7S. The number of hydrogen-bond donors (Lipinski definition) is 3. The number of allylic oxidation sites excluding steroid dienone is 2. The maximum absolute atomic E-state index is 14.3. The van der Waals surface area contributed by atoms with Crippen LogP contribution in [0.25, 0.3) is 0 Å². The summed E-state index contributed by atoms with van der Waals surface area (Å²) in [5.74, 6) is -4.87. The molecule has 250 valence electrons. The second-order valence-electron chi connectivity index (χ2n) is 14.0. The van der Waals surface area contributed by atoms with Crippen LogP contribution >= 0.6 is 11.8 Å². The summed E-state index contributed by atoms with van der Waals surface area (Å²) in [6.07, 6.45) is 11.3. The topological polar surface area (TPSA) is 139 Å². The molecule has 3 N–H and O–H groups in total. The lowest BCUT2D eigenvalue weighted by Crippen LogP contribution is -2.57. The minimum Gasteiger partial charge on any atom is -0.458 e. The van der Waals surface area contributed by atoms with Crippen molar-refractivity contribution in [2.75, 3.05) is 12.0 Å². The van der Waals surface area contributed by atoms with E-state index in [0.717, 1.165) is 19.3 Å². The van der Waals surface area contributed by atoms with E-state index in [1.807, 2.05) is 20.1 Å². The first-order chi connectivity index (χ1) is 21.1. The summed E-state index contributed by atoms with van der Waals surface area (Å²) in [6.45, 7) is 15.1. The molecule has 2 aliphatic carbocycles. The van der Waals surface area contributed by atoms with Gasteiger partial charge < -0.3 is 15.2 Å². The van der Waals surface area contributed by atoms with E-state index in [9.17, 15) is 29.1 Å². The quantitative estimate of drug-likeness (QED) is 0.0815. The average Bonchev–Trinajstić information content (AvgIpc) is 3.25. The monoisotopic (exact) mass is 644 g/mol. The van der Waals surface area contributed by atoms with Gasteiger partial charge in [-0.3, -0.25) is 24.5 Å². The van der Waals surface area contributed by atoms with Gasteiger partial charge in [-0.25, -0.2) is 4.79 Å². The predicted molar refractivity (Wildman–Crippen MR) is 176 cm³/mol. The van der Waals surface area contributed by atoms with Crippen LogP contribution in [0.4, 0.5) is 0 Å². The van der Waals surface area contributed by atoms with Crippen molar-refractivity contribution in [3.05, 3.63) is 36.0 Å². The van der Waals surface area contributed by atoms with Gasteiger partial charge in [0.2, 0.25) is 5.91 Å². The van der Waals surface area contributed by atoms with Crippen molar-refractivity contribution in [3.8, 4) is 0 Å². The van der Waals surface area contributed by atoms with Crippen LogP contribution in [0, 0.1) is 35.5 Å². The molecule has 9 nitrogen and oxygen atoms in total. The molecule has 1 fully saturated rings. The van der Waals surface area contributed by atoms with Crippen molar-refractivity contribution in [2.24, 2.45) is 35.5 Å². The Labute approximate surface area is 272 Å². The number of rotatable bonds is 14. The molecule has 8 unspecified atom stereocenters. The van der Waals surface area contributed by atoms with Gasteiger partial charge >= 0.3 is 5.97 Å². The molecule has 3 aliphatic rings. The summed E-state index contributed by atoms with van der Waals surface area (Å²) in [6, 6.07) is -0.818. The second kappa shape index (κ2) is 15.2. The second-order valence-corrected chi connectivity index (χ2v) is 15.0. The Morgan fingerprint density at radius 3 is 2.49 bits per heavy atom. The Morgan fingerprint density at radius 2 is 1.89 bits per heavy atom. The lowest BCUT2D eigenvalue weighted by Gasteiger charge is -2.51. The molecule has 10 heteroatoms. The summed E-state index contributed by atoms with van der Waals surface area (Å²) in [4.78, 5) is 66.9. The first kappa shape index (κ1) is 36.7. The van der Waals surface area contributed by atoms with Gasteiger partial charge in [-0.1, -0.05) is 58.3 Å². The molecule has 0 radical (unpaired) electrons. The third-order valence-corrected chi connectivity index (χ3v) is 9.99. The number of imide groups is 1. The van der Waals surface area contributed by atoms with E-state index in [1.165, 1.54) is 0 Å². The first-order valence-corrected chi connectivity index (χ1v) is 17.7. The van der Waals surface area contributed by atoms with Gasteiger partial charge in [-0.15, -0.1) is 6.58 Å². The number of ether oxygens (including phenoxy) is 1. The number of fused-ring (bicyclic) bond motifs is 1. The third kappa shape index (κ3) is 8.56. The van der Waals surface area contributed by atoms with E-state index >= 15 is 0 Å². The molecule has 0 spiro atoms. The van der Waals surface area contributed by atoms with E-state index < -0.39 is 64.5 Å². The van der Waals surface area contributed by atoms with Gasteiger partial charge in [-0.05, 0) is 70.3 Å². The van der Waals surface area contributed by atoms with E-state index in [4.69, 9.17) is 4.74 Å². The van der Waals surface area contributed by atoms with Crippen molar-refractivity contribution in [1.29, 1.82) is 0 Å². The Balaban J connectivity index is 1.89. The van der Waals surface area contributed by atoms with E-state index in [2.05, 4.69) is 24.1 Å². The summed E-state index contributed by atoms with van der Waals surface area (Å²) in [5, 5.41) is 17.3. The van der Waals surface area contributed by atoms with Crippen LogP contribution in [0.3, 0.4) is 0 Å². The zero-order valence-electron chi connectivity index (χ0n) is 27.9. The highest BCUT2D eigenvalue weighted by atomic mass is 32.2. The highest BCUT2D eigenvalue weighted by molar-refractivity contribution is 7.98. The Bertz CT molecular complexity index is 1230. The summed E-state index contributed by atoms with van der Waals surface area (Å²) >= 11 is 1.57. The number of carbonyl (C=O) groups is 5. The molecule has 3 rings (SSSR count). The molecular weight excluding hydrogens is 592 g/mol. The number of carbonyl (C=O) groups excluding carboxylic acids is 5. The maximum Gasteiger partial charge on any atom is 0.329 e. The van der Waals surface area contributed by atoms with Crippen molar-refractivity contribution in [2.45, 2.75) is 104 Å². The number of esters is 1. The largest absolute Gasteiger partial charge is 0.458 e. The number of Topliss-reactive ketones (excluding diaryl/α,β-unsaturated/α-hetero) is 1. The SMILES string of the molecule is C=CC(CCCCC)C1=C(C(=O)C2C(C)C=CC3(O)CC(C(=O)NC(CCSC)C(=O)OC(C)(C)C)CC(C)C23)C(=O)NC1=O. The van der Waals surface area contributed by atoms with Crippen LogP contribution in [0.15, 0.2) is 36.0 Å². The highest BCUT2D eigenvalue weighted by Crippen LogP contribution is 2.51. The normalized spacial score (nSPS) is 29.5. The van der Waals surface area contributed by atoms with Crippen LogP contribution in [0.2, 0.25) is 0 Å². The number of thioether (sulfide) groups is 1. The zero-order chi connectivity index (χ0) is 33.7. The van der Waals surface area contributed by atoms with Gasteiger partial charge in [0, 0.05) is 29.2 Å². The van der Waals surface area contributed by atoms with Gasteiger partial charge in [0.1, 0.15) is 11.6 Å². The number of unbranched alkanes of at least 4 members (excludes halogenated alkanes) is 2. The smallest absolute Gasteiger partial charge is 0.329 e. The first-order valence-electron chi connectivity index (χ1n) is 16.3. The number of amides is 3. The fourth-order valence-electron chi connectivity index (χ4n) is 7.29. The Hall–Kier alpha value is -2.72. The standard InChI is InChI=1S/C35H52N2O7S/c1-9-11-12-13-22(10-2)26-27(32(41)37-31(26)40)29(38)25-20(3)14-16-35(43)19-23(18-21(4)28(25)35)30(39)36-24(15-17-45-8)33(42)44-34(5,6)7/h10,14,16,20-25,28,43H,2,9,11-13,15,17-19H2,1,3-8H3,(H,36,39)(H,37,40,41). The fraction of sp³-hybridized carbons (Fsp3) is 0.686. The molecule has 0 aromatic carbocycles. The number of hydrogen-bond acceptors (Lipinski definition) is 8. The predicted octanol–water partition coefficient (Wildman–Crippen LogP) is 4.69. The maximum atomic E-state index is 14.3. The fourth-order valence-corrected chi connectivity index (χ4v) is 7.76. The molecule has 0 aromatic rings. The molecule has 45 heavy (non-hydrogen) atoms. The minimum atomic E-state index is -1.49. The lowest BCUT2D eigenvalue weighted by molar-refractivity contribution is -0.160. The Morgan fingerprint density at radius 1 is 1.20 bits per heavy atom. The summed E-state index contributed by atoms with van der Waals surface area (Å²) in [7, 11) is 0. The molecule has 3 amide bonds. The number of nitrogens with one attached hydrogen (secondary N) is 2. The van der Waals surface area contributed by atoms with Crippen molar-refractivity contribution in [3.63, 3.8) is 0 Å². The van der Waals surface area contributed by atoms with Crippen molar-refractivity contribution in [1.82, 2.24) is 10.6 Å². The van der Waals surface area contributed by atoms with E-state index in [0.29, 0.717) is 25.0 Å². The molecule has 8 atom stereocenters. The van der Waals surface area contributed by atoms with Gasteiger partial charge in [0.15, 0.2) is 5.78 Å². The van der Waals surface area contributed by atoms with Crippen molar-refractivity contribution >= 4 is 41.2 Å². The summed E-state index contributed by atoms with van der Waals surface area (Å²) in [5.41, 5.74) is -2.16. The zero-order valence-corrected chi connectivity index (χ0v) is 28.8. The number of aliphatic hydroxyl groups is 1. The van der Waals surface area contributed by atoms with Crippen LogP contribution in [-0.2, 0) is 28.7 Å². The average molecular weight is 645 g/mol. The molecule has 0 bridgehead atoms.